The van der Waals surface area contributed by atoms with Crippen LogP contribution in [0.15, 0.2) is 27.8 Å². The van der Waals surface area contributed by atoms with Gasteiger partial charge in [-0.3, -0.25) is 4.98 Å². The molecular weight excluding hydrogens is 270 g/mol. The summed E-state index contributed by atoms with van der Waals surface area (Å²) in [6.07, 6.45) is 1.61. The van der Waals surface area contributed by atoms with Crippen molar-refractivity contribution < 1.29 is 5.21 Å². The van der Waals surface area contributed by atoms with Gasteiger partial charge in [-0.05, 0) is 18.6 Å². The first kappa shape index (κ1) is 12.8. The number of thioether (sulfide) groups is 1. The highest BCUT2D eigenvalue weighted by Gasteiger charge is 2.09. The molecule has 0 radical (unpaired) electrons. The van der Waals surface area contributed by atoms with Crippen molar-refractivity contribution in [2.45, 2.75) is 17.0 Å². The van der Waals surface area contributed by atoms with Gasteiger partial charge in [0.15, 0.2) is 10.2 Å². The highest BCUT2D eigenvalue weighted by Crippen LogP contribution is 2.26. The van der Waals surface area contributed by atoms with Gasteiger partial charge in [0, 0.05) is 11.9 Å². The number of pyridine rings is 1. The van der Waals surface area contributed by atoms with E-state index in [2.05, 4.69) is 20.3 Å². The van der Waals surface area contributed by atoms with Gasteiger partial charge in [0.05, 0.1) is 0 Å². The standard InChI is InChI=1S/C10H11N5OS2/c1-6-13-14-10(18-6)17-5-7-3-2-4-12-8(7)9(11)15-16/h2-4,16H,5H2,1H3,(H2,11,15). The minimum absolute atomic E-state index is 0.0136. The lowest BCUT2D eigenvalue weighted by Crippen LogP contribution is -2.17. The summed E-state index contributed by atoms with van der Waals surface area (Å²) in [5.74, 6) is 0.660. The first-order valence-corrected chi connectivity index (χ1v) is 6.85. The third-order valence-corrected chi connectivity index (χ3v) is 4.12. The second-order valence-corrected chi connectivity index (χ2v) is 5.78. The summed E-state index contributed by atoms with van der Waals surface area (Å²) in [6.45, 7) is 1.91. The van der Waals surface area contributed by atoms with Crippen LogP contribution >= 0.6 is 23.1 Å². The molecule has 0 aromatic carbocycles. The topological polar surface area (TPSA) is 97.3 Å². The molecule has 0 fully saturated rings. The van der Waals surface area contributed by atoms with Crippen LogP contribution in [0.4, 0.5) is 0 Å². The van der Waals surface area contributed by atoms with Crippen LogP contribution in [0.2, 0.25) is 0 Å². The van der Waals surface area contributed by atoms with Crippen LogP contribution in [-0.4, -0.2) is 26.2 Å². The predicted octanol–water partition coefficient (Wildman–Crippen LogP) is 1.63. The first-order chi connectivity index (χ1) is 8.70. The Morgan fingerprint density at radius 1 is 1.56 bits per heavy atom. The summed E-state index contributed by atoms with van der Waals surface area (Å²) in [7, 11) is 0. The summed E-state index contributed by atoms with van der Waals surface area (Å²) >= 11 is 3.09. The van der Waals surface area contributed by atoms with E-state index in [1.54, 1.807) is 18.0 Å². The van der Waals surface area contributed by atoms with Gasteiger partial charge in [-0.1, -0.05) is 34.3 Å². The quantitative estimate of drug-likeness (QED) is 0.291. The van der Waals surface area contributed by atoms with E-state index in [9.17, 15) is 0 Å². The van der Waals surface area contributed by atoms with Crippen molar-refractivity contribution in [1.29, 1.82) is 0 Å². The van der Waals surface area contributed by atoms with Gasteiger partial charge in [-0.15, -0.1) is 10.2 Å². The third kappa shape index (κ3) is 2.96. The molecule has 0 amide bonds. The number of hydrogen-bond acceptors (Lipinski definition) is 7. The molecule has 0 aliphatic heterocycles. The smallest absolute Gasteiger partial charge is 0.189 e. The Kier molecular flexibility index (Phi) is 4.11. The largest absolute Gasteiger partial charge is 0.409 e. The molecule has 0 unspecified atom stereocenters. The molecule has 0 aliphatic carbocycles. The summed E-state index contributed by atoms with van der Waals surface area (Å²) < 4.78 is 0.891. The van der Waals surface area contributed by atoms with Gasteiger partial charge in [-0.25, -0.2) is 0 Å². The van der Waals surface area contributed by atoms with Crippen LogP contribution in [0.25, 0.3) is 0 Å². The van der Waals surface area contributed by atoms with Gasteiger partial charge < -0.3 is 10.9 Å². The Morgan fingerprint density at radius 3 is 3.06 bits per heavy atom. The fraction of sp³-hybridized carbons (Fsp3) is 0.200. The number of aryl methyl sites for hydroxylation is 1. The molecular formula is C10H11N5OS2. The maximum atomic E-state index is 8.70. The van der Waals surface area contributed by atoms with Crippen LogP contribution in [-0.2, 0) is 5.75 Å². The van der Waals surface area contributed by atoms with E-state index < -0.39 is 0 Å². The molecule has 2 heterocycles. The van der Waals surface area contributed by atoms with Crippen molar-refractivity contribution in [1.82, 2.24) is 15.2 Å². The van der Waals surface area contributed by atoms with Gasteiger partial charge in [0.2, 0.25) is 0 Å². The van der Waals surface area contributed by atoms with Crippen LogP contribution in [0.5, 0.6) is 0 Å². The first-order valence-electron chi connectivity index (χ1n) is 5.05. The highest BCUT2D eigenvalue weighted by atomic mass is 32.2. The molecule has 6 nitrogen and oxygen atoms in total. The highest BCUT2D eigenvalue weighted by molar-refractivity contribution is 8.00. The lowest BCUT2D eigenvalue weighted by Gasteiger charge is -2.05. The Labute approximate surface area is 112 Å². The van der Waals surface area contributed by atoms with E-state index >= 15 is 0 Å². The number of amidine groups is 1. The number of oxime groups is 1. The minimum atomic E-state index is 0.0136. The molecule has 0 saturated heterocycles. The predicted molar refractivity (Wildman–Crippen MR) is 71.0 cm³/mol. The fourth-order valence-corrected chi connectivity index (χ4v) is 3.11. The number of rotatable bonds is 4. The lowest BCUT2D eigenvalue weighted by molar-refractivity contribution is 0.318. The third-order valence-electron chi connectivity index (χ3n) is 2.10. The molecule has 0 spiro atoms. The van der Waals surface area contributed by atoms with Crippen molar-refractivity contribution in [3.63, 3.8) is 0 Å². The Morgan fingerprint density at radius 2 is 2.39 bits per heavy atom. The van der Waals surface area contributed by atoms with Gasteiger partial charge in [0.25, 0.3) is 0 Å². The molecule has 0 aliphatic rings. The Bertz CT molecular complexity index is 569. The summed E-state index contributed by atoms with van der Waals surface area (Å²) in [5, 5.41) is 20.6. The Hall–Kier alpha value is -1.67. The second kappa shape index (κ2) is 5.78. The molecule has 0 saturated carbocycles. The molecule has 18 heavy (non-hydrogen) atoms. The summed E-state index contributed by atoms with van der Waals surface area (Å²) in [6, 6.07) is 3.71. The fourth-order valence-electron chi connectivity index (χ4n) is 1.31. The van der Waals surface area contributed by atoms with Crippen LogP contribution in [0.3, 0.4) is 0 Å². The van der Waals surface area contributed by atoms with E-state index in [0.717, 1.165) is 14.9 Å². The van der Waals surface area contributed by atoms with Crippen molar-refractivity contribution in [2.24, 2.45) is 10.9 Å². The van der Waals surface area contributed by atoms with Crippen LogP contribution < -0.4 is 5.73 Å². The lowest BCUT2D eigenvalue weighted by atomic mass is 10.2. The van der Waals surface area contributed by atoms with E-state index in [4.69, 9.17) is 10.9 Å². The van der Waals surface area contributed by atoms with Crippen LogP contribution in [0, 0.1) is 6.92 Å². The number of aromatic nitrogens is 3. The van der Waals surface area contributed by atoms with Crippen molar-refractivity contribution in [3.8, 4) is 0 Å². The summed E-state index contributed by atoms with van der Waals surface area (Å²) in [4.78, 5) is 4.11. The average Bonchev–Trinajstić information content (AvgIpc) is 2.81. The second-order valence-electron chi connectivity index (χ2n) is 3.37. The van der Waals surface area contributed by atoms with E-state index in [-0.39, 0.29) is 5.84 Å². The monoisotopic (exact) mass is 281 g/mol. The summed E-state index contributed by atoms with van der Waals surface area (Å²) in [5.41, 5.74) is 6.96. The zero-order chi connectivity index (χ0) is 13.0. The minimum Gasteiger partial charge on any atom is -0.409 e. The molecule has 8 heteroatoms. The molecule has 2 aromatic heterocycles. The van der Waals surface area contributed by atoms with E-state index in [1.807, 2.05) is 19.1 Å². The maximum absolute atomic E-state index is 8.70. The molecule has 0 bridgehead atoms. The van der Waals surface area contributed by atoms with Crippen molar-refractivity contribution in [3.05, 3.63) is 34.6 Å². The van der Waals surface area contributed by atoms with E-state index in [1.165, 1.54) is 11.3 Å². The zero-order valence-electron chi connectivity index (χ0n) is 9.57. The van der Waals surface area contributed by atoms with Crippen LogP contribution in [0.1, 0.15) is 16.3 Å². The van der Waals surface area contributed by atoms with Crippen molar-refractivity contribution in [2.75, 3.05) is 0 Å². The molecule has 0 atom stereocenters. The Balaban J connectivity index is 2.14. The maximum Gasteiger partial charge on any atom is 0.189 e. The molecule has 94 valence electrons. The normalized spacial score (nSPS) is 11.7. The zero-order valence-corrected chi connectivity index (χ0v) is 11.2. The average molecular weight is 281 g/mol. The molecule has 2 rings (SSSR count). The van der Waals surface area contributed by atoms with Crippen molar-refractivity contribution >= 4 is 28.9 Å². The number of hydrogen-bond donors (Lipinski definition) is 2. The number of nitrogens with two attached hydrogens (primary N) is 1. The van der Waals surface area contributed by atoms with Gasteiger partial charge in [0.1, 0.15) is 10.7 Å². The SMILES string of the molecule is Cc1nnc(SCc2cccnc2C(N)=NO)s1. The molecule has 2 aromatic rings. The molecule has 3 N–H and O–H groups in total. The van der Waals surface area contributed by atoms with Gasteiger partial charge >= 0.3 is 0 Å². The number of nitrogens with zero attached hydrogens (tertiary/aromatic N) is 4. The van der Waals surface area contributed by atoms with E-state index in [0.29, 0.717) is 11.4 Å². The van der Waals surface area contributed by atoms with Gasteiger partial charge in [-0.2, -0.15) is 0 Å².